The van der Waals surface area contributed by atoms with Crippen molar-refractivity contribution in [2.24, 2.45) is 0 Å². The summed E-state index contributed by atoms with van der Waals surface area (Å²) in [4.78, 5) is 28.3. The fourth-order valence-corrected chi connectivity index (χ4v) is 6.90. The number of thiophene rings is 2. The molecule has 0 aliphatic carbocycles. The van der Waals surface area contributed by atoms with Crippen molar-refractivity contribution in [2.45, 2.75) is 20.4 Å². The summed E-state index contributed by atoms with van der Waals surface area (Å²) in [7, 11) is 3.27. The molecule has 0 saturated carbocycles. The number of benzene rings is 1. The molecular formula is C33H28ClN7O2S2. The normalized spacial score (nSPS) is 10.9. The van der Waals surface area contributed by atoms with Gasteiger partial charge in [0.25, 0.3) is 0 Å². The molecule has 7 aromatic rings. The van der Waals surface area contributed by atoms with Gasteiger partial charge in [-0.05, 0) is 77.7 Å². The molecule has 0 aliphatic rings. The average Bonchev–Trinajstić information content (AvgIpc) is 3.66. The molecule has 45 heavy (non-hydrogen) atoms. The van der Waals surface area contributed by atoms with E-state index in [0.717, 1.165) is 54.1 Å². The Kier molecular flexibility index (Phi) is 9.11. The summed E-state index contributed by atoms with van der Waals surface area (Å²) in [5.74, 6) is 3.58. The number of anilines is 1. The lowest BCUT2D eigenvalue weighted by atomic mass is 10.2. The van der Waals surface area contributed by atoms with E-state index in [0.29, 0.717) is 34.8 Å². The zero-order valence-electron chi connectivity index (χ0n) is 24.9. The highest BCUT2D eigenvalue weighted by atomic mass is 35.5. The van der Waals surface area contributed by atoms with Crippen LogP contribution in [-0.4, -0.2) is 44.1 Å². The van der Waals surface area contributed by atoms with Gasteiger partial charge in [0.2, 0.25) is 0 Å². The fourth-order valence-electron chi connectivity index (χ4n) is 4.68. The Hall–Kier alpha value is -4.71. The molecule has 0 saturated heterocycles. The highest BCUT2D eigenvalue weighted by molar-refractivity contribution is 7.17. The summed E-state index contributed by atoms with van der Waals surface area (Å²) >= 11 is 9.41. The number of pyridine rings is 2. The first-order chi connectivity index (χ1) is 21.9. The Morgan fingerprint density at radius 2 is 1.24 bits per heavy atom. The van der Waals surface area contributed by atoms with Crippen molar-refractivity contribution in [3.63, 3.8) is 0 Å². The van der Waals surface area contributed by atoms with Crippen molar-refractivity contribution in [1.29, 1.82) is 0 Å². The van der Waals surface area contributed by atoms with Crippen LogP contribution in [0.1, 0.15) is 16.7 Å². The Balaban J connectivity index is 0.000000179. The van der Waals surface area contributed by atoms with Crippen molar-refractivity contribution < 1.29 is 9.47 Å². The van der Waals surface area contributed by atoms with E-state index in [2.05, 4.69) is 37.6 Å². The van der Waals surface area contributed by atoms with Crippen LogP contribution in [0.2, 0.25) is 5.15 Å². The molecule has 0 spiro atoms. The number of aryl methyl sites for hydroxylation is 2. The SMILES string of the molecule is COc1ccc(CNc2nc(-c3ccncc3)nc3scc(C)c23)cc1OC.Cc1csc2nc(-c3ccncc3)nc(Cl)c12. The summed E-state index contributed by atoms with van der Waals surface area (Å²) in [5.41, 5.74) is 5.22. The summed E-state index contributed by atoms with van der Waals surface area (Å²) in [6.45, 7) is 4.70. The number of nitrogens with one attached hydrogen (secondary N) is 1. The molecule has 1 aromatic carbocycles. The standard InChI is InChI=1S/C21H20N4O2S.C12H8ClN3S/c1-13-12-28-21-18(13)20(24-19(25-21)15-6-8-22-9-7-15)23-11-14-4-5-16(26-2)17(10-14)27-3;1-7-6-17-12-9(7)10(13)15-11(16-12)8-2-4-14-5-3-8/h4-10,12H,11H2,1-3H3,(H,23,24,25);2-6H,1H3. The summed E-state index contributed by atoms with van der Waals surface area (Å²) in [5, 5.41) is 10.2. The van der Waals surface area contributed by atoms with Gasteiger partial charge >= 0.3 is 0 Å². The van der Waals surface area contributed by atoms with Gasteiger partial charge in [-0.1, -0.05) is 17.7 Å². The van der Waals surface area contributed by atoms with Gasteiger partial charge in [-0.3, -0.25) is 9.97 Å². The van der Waals surface area contributed by atoms with Gasteiger partial charge in [0.1, 0.15) is 20.6 Å². The number of rotatable bonds is 7. The van der Waals surface area contributed by atoms with Crippen LogP contribution in [0.15, 0.2) is 78.0 Å². The second-order valence-electron chi connectivity index (χ2n) is 9.95. The maximum Gasteiger partial charge on any atom is 0.163 e. The van der Waals surface area contributed by atoms with Gasteiger partial charge in [-0.25, -0.2) is 19.9 Å². The van der Waals surface area contributed by atoms with Crippen LogP contribution in [0.5, 0.6) is 11.5 Å². The first-order valence-corrected chi connectivity index (χ1v) is 16.0. The van der Waals surface area contributed by atoms with E-state index < -0.39 is 0 Å². The number of methoxy groups -OCH3 is 2. The zero-order chi connectivity index (χ0) is 31.3. The Morgan fingerprint density at radius 1 is 0.689 bits per heavy atom. The van der Waals surface area contributed by atoms with Crippen molar-refractivity contribution >= 4 is 60.5 Å². The quantitative estimate of drug-likeness (QED) is 0.170. The van der Waals surface area contributed by atoms with Gasteiger partial charge in [0.05, 0.1) is 25.0 Å². The Bertz CT molecular complexity index is 2090. The molecule has 12 heteroatoms. The summed E-state index contributed by atoms with van der Waals surface area (Å²) in [6, 6.07) is 13.5. The highest BCUT2D eigenvalue weighted by Crippen LogP contribution is 2.33. The topological polar surface area (TPSA) is 108 Å². The molecule has 6 heterocycles. The molecule has 226 valence electrons. The third-order valence-corrected chi connectivity index (χ3v) is 9.23. The predicted octanol–water partition coefficient (Wildman–Crippen LogP) is 8.41. The number of ether oxygens (including phenoxy) is 2. The first kappa shape index (κ1) is 30.3. The van der Waals surface area contributed by atoms with E-state index in [4.69, 9.17) is 31.0 Å². The van der Waals surface area contributed by atoms with Crippen LogP contribution in [0.4, 0.5) is 5.82 Å². The number of aromatic nitrogens is 6. The molecule has 0 bridgehead atoms. The molecule has 0 unspecified atom stereocenters. The smallest absolute Gasteiger partial charge is 0.163 e. The van der Waals surface area contributed by atoms with Crippen molar-refractivity contribution in [3.8, 4) is 34.3 Å². The molecule has 9 nitrogen and oxygen atoms in total. The average molecular weight is 654 g/mol. The largest absolute Gasteiger partial charge is 0.493 e. The maximum absolute atomic E-state index is 6.20. The fraction of sp³-hybridized carbons (Fsp3) is 0.152. The van der Waals surface area contributed by atoms with Crippen LogP contribution < -0.4 is 14.8 Å². The second-order valence-corrected chi connectivity index (χ2v) is 12.0. The third-order valence-electron chi connectivity index (χ3n) is 6.98. The highest BCUT2D eigenvalue weighted by Gasteiger charge is 2.14. The second kappa shape index (κ2) is 13.5. The van der Waals surface area contributed by atoms with E-state index in [9.17, 15) is 0 Å². The van der Waals surface area contributed by atoms with E-state index >= 15 is 0 Å². The van der Waals surface area contributed by atoms with Gasteiger partial charge in [-0.2, -0.15) is 0 Å². The lowest BCUT2D eigenvalue weighted by Crippen LogP contribution is -2.04. The first-order valence-electron chi connectivity index (χ1n) is 13.9. The number of hydrogen-bond donors (Lipinski definition) is 1. The molecule has 0 fully saturated rings. The maximum atomic E-state index is 6.20. The van der Waals surface area contributed by atoms with Crippen LogP contribution in [0, 0.1) is 13.8 Å². The molecule has 0 radical (unpaired) electrons. The van der Waals surface area contributed by atoms with Crippen LogP contribution in [0.3, 0.4) is 0 Å². The third kappa shape index (κ3) is 6.56. The monoisotopic (exact) mass is 653 g/mol. The van der Waals surface area contributed by atoms with Crippen molar-refractivity contribution in [2.75, 3.05) is 19.5 Å². The minimum absolute atomic E-state index is 0.514. The van der Waals surface area contributed by atoms with Crippen molar-refractivity contribution in [3.05, 3.63) is 99.9 Å². The molecular weight excluding hydrogens is 626 g/mol. The minimum atomic E-state index is 0.514. The predicted molar refractivity (Wildman–Crippen MR) is 183 cm³/mol. The van der Waals surface area contributed by atoms with E-state index in [1.807, 2.05) is 54.8 Å². The van der Waals surface area contributed by atoms with Gasteiger partial charge in [0.15, 0.2) is 23.1 Å². The summed E-state index contributed by atoms with van der Waals surface area (Å²) < 4.78 is 10.7. The number of nitrogens with zero attached hydrogens (tertiary/aromatic N) is 6. The number of fused-ring (bicyclic) bond motifs is 2. The summed E-state index contributed by atoms with van der Waals surface area (Å²) in [6.07, 6.45) is 6.94. The lowest BCUT2D eigenvalue weighted by Gasteiger charge is -2.12. The van der Waals surface area contributed by atoms with Gasteiger partial charge in [-0.15, -0.1) is 22.7 Å². The van der Waals surface area contributed by atoms with Crippen molar-refractivity contribution in [1.82, 2.24) is 29.9 Å². The van der Waals surface area contributed by atoms with Gasteiger partial charge in [0, 0.05) is 42.5 Å². The van der Waals surface area contributed by atoms with E-state index in [-0.39, 0.29) is 0 Å². The molecule has 0 atom stereocenters. The van der Waals surface area contributed by atoms with E-state index in [1.165, 1.54) is 0 Å². The van der Waals surface area contributed by atoms with E-state index in [1.54, 1.807) is 61.7 Å². The Labute approximate surface area is 273 Å². The molecule has 0 aliphatic heterocycles. The molecule has 6 aromatic heterocycles. The van der Waals surface area contributed by atoms with Gasteiger partial charge < -0.3 is 14.8 Å². The minimum Gasteiger partial charge on any atom is -0.493 e. The van der Waals surface area contributed by atoms with Crippen LogP contribution in [-0.2, 0) is 6.54 Å². The zero-order valence-corrected chi connectivity index (χ0v) is 27.3. The molecule has 7 rings (SSSR count). The molecule has 0 amide bonds. The van der Waals surface area contributed by atoms with Crippen LogP contribution in [0.25, 0.3) is 43.2 Å². The lowest BCUT2D eigenvalue weighted by molar-refractivity contribution is 0.354. The molecule has 1 N–H and O–H groups in total. The van der Waals surface area contributed by atoms with Crippen LogP contribution >= 0.6 is 34.3 Å². The number of hydrogen-bond acceptors (Lipinski definition) is 11. The Morgan fingerprint density at radius 3 is 1.84 bits per heavy atom. The number of halogens is 1.